The average molecular weight is 345 g/mol. The summed E-state index contributed by atoms with van der Waals surface area (Å²) in [5, 5.41) is 2.91. The molecule has 0 bridgehead atoms. The van der Waals surface area contributed by atoms with Crippen molar-refractivity contribution >= 4 is 27.3 Å². The fourth-order valence-corrected chi connectivity index (χ4v) is 5.46. The normalized spacial score (nSPS) is 20.3. The van der Waals surface area contributed by atoms with Crippen LogP contribution in [0.3, 0.4) is 0 Å². The molecule has 0 aromatic carbocycles. The zero-order valence-corrected chi connectivity index (χ0v) is 15.0. The summed E-state index contributed by atoms with van der Waals surface area (Å²) in [6, 6.07) is 3.46. The molecule has 1 fully saturated rings. The van der Waals surface area contributed by atoms with E-state index in [1.165, 1.54) is 15.6 Å². The molecule has 0 aliphatic carbocycles. The number of carbonyl (C=O) groups is 1. The van der Waals surface area contributed by atoms with E-state index in [-0.39, 0.29) is 18.4 Å². The van der Waals surface area contributed by atoms with Crippen LogP contribution < -0.4 is 5.32 Å². The maximum atomic E-state index is 12.6. The van der Waals surface area contributed by atoms with Crippen molar-refractivity contribution in [2.45, 2.75) is 37.8 Å². The van der Waals surface area contributed by atoms with Crippen LogP contribution in [-0.4, -0.2) is 38.3 Å². The van der Waals surface area contributed by atoms with Gasteiger partial charge in [-0.25, -0.2) is 8.42 Å². The van der Waals surface area contributed by atoms with Crippen molar-refractivity contribution in [3.05, 3.63) is 17.0 Å². The van der Waals surface area contributed by atoms with Gasteiger partial charge in [0, 0.05) is 24.5 Å². The Balaban J connectivity index is 2.05. The number of nitrogens with zero attached hydrogens (tertiary/aromatic N) is 1. The molecule has 1 atom stereocenters. The predicted octanol–water partition coefficient (Wildman–Crippen LogP) is 2.23. The van der Waals surface area contributed by atoms with E-state index in [0.717, 1.165) is 17.7 Å². The first-order chi connectivity index (χ1) is 10.3. The Morgan fingerprint density at radius 3 is 2.77 bits per heavy atom. The molecule has 22 heavy (non-hydrogen) atoms. The van der Waals surface area contributed by atoms with Crippen LogP contribution >= 0.6 is 11.3 Å². The van der Waals surface area contributed by atoms with Gasteiger partial charge in [0.15, 0.2) is 0 Å². The maximum Gasteiger partial charge on any atom is 0.252 e. The molecule has 2 rings (SSSR count). The zero-order chi connectivity index (χ0) is 16.3. The molecule has 1 unspecified atom stereocenters. The monoisotopic (exact) mass is 344 g/mol. The summed E-state index contributed by atoms with van der Waals surface area (Å²) in [6.07, 6.45) is 1.47. The molecule has 1 saturated heterocycles. The van der Waals surface area contributed by atoms with Gasteiger partial charge in [0.05, 0.1) is 5.92 Å². The van der Waals surface area contributed by atoms with Crippen molar-refractivity contribution in [1.29, 1.82) is 0 Å². The van der Waals surface area contributed by atoms with E-state index in [0.29, 0.717) is 23.2 Å². The van der Waals surface area contributed by atoms with Crippen molar-refractivity contribution in [1.82, 2.24) is 9.62 Å². The summed E-state index contributed by atoms with van der Waals surface area (Å²) in [4.78, 5) is 13.2. The number of nitrogens with one attached hydrogen (secondary N) is 1. The molecule has 7 heteroatoms. The largest absolute Gasteiger partial charge is 0.356 e. The number of aryl methyl sites for hydroxylation is 1. The molecule has 124 valence electrons. The minimum Gasteiger partial charge on any atom is -0.356 e. The Morgan fingerprint density at radius 1 is 1.45 bits per heavy atom. The van der Waals surface area contributed by atoms with Gasteiger partial charge >= 0.3 is 0 Å². The highest BCUT2D eigenvalue weighted by atomic mass is 32.2. The first-order valence-electron chi connectivity index (χ1n) is 7.65. The number of sulfonamides is 1. The summed E-state index contributed by atoms with van der Waals surface area (Å²) in [5.41, 5.74) is 0. The van der Waals surface area contributed by atoms with Gasteiger partial charge in [-0.2, -0.15) is 4.31 Å². The average Bonchev–Trinajstić information content (AvgIpc) is 2.92. The lowest BCUT2D eigenvalue weighted by atomic mass is 9.98. The molecule has 1 aromatic heterocycles. The van der Waals surface area contributed by atoms with Crippen LogP contribution in [0.15, 0.2) is 16.3 Å². The van der Waals surface area contributed by atoms with E-state index >= 15 is 0 Å². The molecule has 0 saturated carbocycles. The zero-order valence-electron chi connectivity index (χ0n) is 13.3. The molecule has 1 aliphatic heterocycles. The Morgan fingerprint density at radius 2 is 2.18 bits per heavy atom. The molecule has 1 amide bonds. The van der Waals surface area contributed by atoms with Crippen LogP contribution in [0.5, 0.6) is 0 Å². The van der Waals surface area contributed by atoms with Crippen LogP contribution in [0.25, 0.3) is 0 Å². The van der Waals surface area contributed by atoms with Crippen LogP contribution in [0, 0.1) is 18.8 Å². The number of amides is 1. The summed E-state index contributed by atoms with van der Waals surface area (Å²) in [5.74, 6) is 0.112. The Labute approximate surface area is 136 Å². The van der Waals surface area contributed by atoms with E-state index in [2.05, 4.69) is 5.32 Å². The summed E-state index contributed by atoms with van der Waals surface area (Å²) in [6.45, 7) is 7.37. The third kappa shape index (κ3) is 4.08. The third-order valence-corrected chi connectivity index (χ3v) is 7.08. The molecule has 1 aromatic rings. The second-order valence-corrected chi connectivity index (χ2v) is 9.66. The highest BCUT2D eigenvalue weighted by Crippen LogP contribution is 2.28. The summed E-state index contributed by atoms with van der Waals surface area (Å²) >= 11 is 1.28. The summed E-state index contributed by atoms with van der Waals surface area (Å²) < 4.78 is 27.1. The SMILES string of the molecule is Cc1ccc(S(=O)(=O)N2CCCC(C(=O)NCC(C)C)C2)s1. The first-order valence-corrected chi connectivity index (χ1v) is 9.90. The standard InChI is InChI=1S/C15H24N2O3S2/c1-11(2)9-16-15(18)13-5-4-8-17(10-13)22(19,20)14-7-6-12(3)21-14/h6-7,11,13H,4-5,8-10H2,1-3H3,(H,16,18). The van der Waals surface area contributed by atoms with Crippen molar-refractivity contribution in [2.75, 3.05) is 19.6 Å². The lowest BCUT2D eigenvalue weighted by Crippen LogP contribution is -2.45. The van der Waals surface area contributed by atoms with E-state index in [1.54, 1.807) is 6.07 Å². The summed E-state index contributed by atoms with van der Waals surface area (Å²) in [7, 11) is -3.47. The number of rotatable bonds is 5. The van der Waals surface area contributed by atoms with E-state index in [9.17, 15) is 13.2 Å². The van der Waals surface area contributed by atoms with Crippen LogP contribution in [-0.2, 0) is 14.8 Å². The number of piperidine rings is 1. The maximum absolute atomic E-state index is 12.6. The molecule has 1 N–H and O–H groups in total. The van der Waals surface area contributed by atoms with E-state index < -0.39 is 10.0 Å². The molecule has 0 spiro atoms. The topological polar surface area (TPSA) is 66.5 Å². The van der Waals surface area contributed by atoms with Crippen molar-refractivity contribution in [3.8, 4) is 0 Å². The minimum atomic E-state index is -3.47. The second kappa shape index (κ2) is 7.10. The molecule has 0 radical (unpaired) electrons. The third-order valence-electron chi connectivity index (χ3n) is 3.75. The number of carbonyl (C=O) groups excluding carboxylic acids is 1. The van der Waals surface area contributed by atoms with Crippen molar-refractivity contribution < 1.29 is 13.2 Å². The molecule has 5 nitrogen and oxygen atoms in total. The highest BCUT2D eigenvalue weighted by Gasteiger charge is 2.33. The lowest BCUT2D eigenvalue weighted by Gasteiger charge is -2.31. The van der Waals surface area contributed by atoms with Gasteiger partial charge in [-0.05, 0) is 37.8 Å². The molecule has 2 heterocycles. The van der Waals surface area contributed by atoms with Crippen molar-refractivity contribution in [2.24, 2.45) is 11.8 Å². The van der Waals surface area contributed by atoms with Crippen LogP contribution in [0.2, 0.25) is 0 Å². The van der Waals surface area contributed by atoms with Gasteiger partial charge in [-0.1, -0.05) is 13.8 Å². The minimum absolute atomic E-state index is 0.0315. The highest BCUT2D eigenvalue weighted by molar-refractivity contribution is 7.91. The fraction of sp³-hybridized carbons (Fsp3) is 0.667. The quantitative estimate of drug-likeness (QED) is 0.891. The van der Waals surface area contributed by atoms with Crippen LogP contribution in [0.1, 0.15) is 31.6 Å². The molecule has 1 aliphatic rings. The number of hydrogen-bond acceptors (Lipinski definition) is 4. The van der Waals surface area contributed by atoms with Gasteiger partial charge in [-0.15, -0.1) is 11.3 Å². The Hall–Kier alpha value is -0.920. The van der Waals surface area contributed by atoms with Gasteiger partial charge in [0.2, 0.25) is 5.91 Å². The van der Waals surface area contributed by atoms with Crippen LogP contribution in [0.4, 0.5) is 0 Å². The Bertz CT molecular complexity index is 622. The van der Waals surface area contributed by atoms with Gasteiger partial charge in [0.1, 0.15) is 4.21 Å². The fourth-order valence-electron chi connectivity index (χ4n) is 2.50. The first kappa shape index (κ1) is 17.4. The van der Waals surface area contributed by atoms with Gasteiger partial charge < -0.3 is 5.32 Å². The number of thiophene rings is 1. The lowest BCUT2D eigenvalue weighted by molar-refractivity contribution is -0.126. The van der Waals surface area contributed by atoms with Gasteiger partial charge in [0.25, 0.3) is 10.0 Å². The van der Waals surface area contributed by atoms with Crippen molar-refractivity contribution in [3.63, 3.8) is 0 Å². The molecular formula is C15H24N2O3S2. The number of hydrogen-bond donors (Lipinski definition) is 1. The Kier molecular flexibility index (Phi) is 5.63. The predicted molar refractivity (Wildman–Crippen MR) is 88.4 cm³/mol. The molecular weight excluding hydrogens is 320 g/mol. The van der Waals surface area contributed by atoms with E-state index in [4.69, 9.17) is 0 Å². The van der Waals surface area contributed by atoms with Gasteiger partial charge in [-0.3, -0.25) is 4.79 Å². The smallest absolute Gasteiger partial charge is 0.252 e. The van der Waals surface area contributed by atoms with E-state index in [1.807, 2.05) is 26.8 Å². The second-order valence-electron chi connectivity index (χ2n) is 6.21.